The van der Waals surface area contributed by atoms with Gasteiger partial charge < -0.3 is 9.55 Å². The van der Waals surface area contributed by atoms with Crippen LogP contribution in [0.2, 0.25) is 0 Å². The van der Waals surface area contributed by atoms with Gasteiger partial charge in [0, 0.05) is 13.2 Å². The molecule has 62 valence electrons. The van der Waals surface area contributed by atoms with Crippen molar-refractivity contribution >= 4 is 15.9 Å². The number of hydrogen-bond donors (Lipinski definition) is 1. The van der Waals surface area contributed by atoms with Crippen LogP contribution in [-0.2, 0) is 7.05 Å². The van der Waals surface area contributed by atoms with E-state index in [1.54, 1.807) is 6.33 Å². The molecule has 0 atom stereocenters. The topological polar surface area (TPSA) is 33.6 Å². The maximum atomic E-state index is 4.13. The van der Waals surface area contributed by atoms with Gasteiger partial charge in [0.15, 0.2) is 0 Å². The molecule has 0 saturated carbocycles. The molecule has 3 nitrogen and oxygen atoms in total. The fourth-order valence-electron chi connectivity index (χ4n) is 1.18. The average Bonchev–Trinajstić information content (AvgIpc) is 2.61. The number of nitrogens with zero attached hydrogens (tertiary/aromatic N) is 2. The first-order valence-electron chi connectivity index (χ1n) is 3.59. The summed E-state index contributed by atoms with van der Waals surface area (Å²) in [5, 5.41) is 0. The van der Waals surface area contributed by atoms with Crippen molar-refractivity contribution in [2.75, 3.05) is 0 Å². The van der Waals surface area contributed by atoms with Crippen LogP contribution in [0.4, 0.5) is 0 Å². The van der Waals surface area contributed by atoms with Gasteiger partial charge in [0.05, 0.1) is 17.7 Å². The van der Waals surface area contributed by atoms with E-state index in [0.29, 0.717) is 0 Å². The van der Waals surface area contributed by atoms with Crippen molar-refractivity contribution in [3.05, 3.63) is 29.3 Å². The number of rotatable bonds is 1. The molecular formula is C8H8BrN3. The van der Waals surface area contributed by atoms with Crippen LogP contribution in [0, 0.1) is 0 Å². The smallest absolute Gasteiger partial charge is 0.133 e. The fraction of sp³-hybridized carbons (Fsp3) is 0.125. The number of halogens is 1. The van der Waals surface area contributed by atoms with E-state index in [0.717, 1.165) is 16.0 Å². The molecule has 4 heteroatoms. The highest BCUT2D eigenvalue weighted by Gasteiger charge is 2.08. The number of nitrogens with one attached hydrogen (secondary N) is 1. The highest BCUT2D eigenvalue weighted by molar-refractivity contribution is 9.10. The molecule has 0 bridgehead atoms. The van der Waals surface area contributed by atoms with Crippen molar-refractivity contribution in [3.63, 3.8) is 0 Å². The molecule has 0 fully saturated rings. The summed E-state index contributed by atoms with van der Waals surface area (Å²) in [6, 6.07) is 3.98. The van der Waals surface area contributed by atoms with Gasteiger partial charge in [0.1, 0.15) is 4.60 Å². The van der Waals surface area contributed by atoms with E-state index in [2.05, 4.69) is 25.9 Å². The van der Waals surface area contributed by atoms with E-state index < -0.39 is 0 Å². The lowest BCUT2D eigenvalue weighted by Gasteiger charge is -1.98. The zero-order valence-electron chi connectivity index (χ0n) is 6.58. The van der Waals surface area contributed by atoms with Gasteiger partial charge in [-0.05, 0) is 28.1 Å². The quantitative estimate of drug-likeness (QED) is 0.794. The Hall–Kier alpha value is -1.03. The van der Waals surface area contributed by atoms with Gasteiger partial charge >= 0.3 is 0 Å². The third-order valence-corrected chi connectivity index (χ3v) is 2.33. The van der Waals surface area contributed by atoms with E-state index in [1.165, 1.54) is 0 Å². The van der Waals surface area contributed by atoms with E-state index >= 15 is 0 Å². The molecule has 2 aromatic heterocycles. The summed E-state index contributed by atoms with van der Waals surface area (Å²) in [5.74, 6) is 0. The first-order chi connectivity index (χ1) is 5.79. The molecule has 1 N–H and O–H groups in total. The van der Waals surface area contributed by atoms with Gasteiger partial charge in [-0.15, -0.1) is 0 Å². The Kier molecular flexibility index (Phi) is 1.77. The third kappa shape index (κ3) is 1.08. The number of H-pyrrole nitrogens is 1. The summed E-state index contributed by atoms with van der Waals surface area (Å²) in [6.07, 6.45) is 3.68. The summed E-state index contributed by atoms with van der Waals surface area (Å²) in [7, 11) is 1.97. The van der Waals surface area contributed by atoms with Crippen molar-refractivity contribution in [2.45, 2.75) is 0 Å². The lowest BCUT2D eigenvalue weighted by Crippen LogP contribution is -1.89. The third-order valence-electron chi connectivity index (χ3n) is 1.75. The predicted molar refractivity (Wildman–Crippen MR) is 50.7 cm³/mol. The van der Waals surface area contributed by atoms with E-state index in [1.807, 2.05) is 29.9 Å². The minimum Gasteiger partial charge on any atom is -0.360 e. The van der Waals surface area contributed by atoms with Crippen LogP contribution < -0.4 is 0 Å². The largest absolute Gasteiger partial charge is 0.360 e. The van der Waals surface area contributed by atoms with Crippen LogP contribution in [0.5, 0.6) is 0 Å². The van der Waals surface area contributed by atoms with Crippen LogP contribution in [0.1, 0.15) is 0 Å². The van der Waals surface area contributed by atoms with Gasteiger partial charge in [-0.3, -0.25) is 0 Å². The molecule has 0 unspecified atom stereocenters. The molecule has 0 spiro atoms. The Labute approximate surface area is 78.6 Å². The van der Waals surface area contributed by atoms with Gasteiger partial charge in [0.25, 0.3) is 0 Å². The lowest BCUT2D eigenvalue weighted by molar-refractivity contribution is 0.917. The van der Waals surface area contributed by atoms with Gasteiger partial charge in [0.2, 0.25) is 0 Å². The van der Waals surface area contributed by atoms with Crippen molar-refractivity contribution in [2.24, 2.45) is 7.05 Å². The number of imidazole rings is 1. The van der Waals surface area contributed by atoms with Crippen LogP contribution >= 0.6 is 15.9 Å². The fourth-order valence-corrected chi connectivity index (χ4v) is 1.77. The SMILES string of the molecule is Cn1cnc(Br)c1-c1ccc[nH]1. The molecular weight excluding hydrogens is 218 g/mol. The Bertz CT molecular complexity index is 355. The minimum atomic E-state index is 0.868. The molecule has 0 aliphatic rings. The Morgan fingerprint density at radius 3 is 2.92 bits per heavy atom. The van der Waals surface area contributed by atoms with Crippen LogP contribution in [0.25, 0.3) is 11.4 Å². The molecule has 2 rings (SSSR count). The highest BCUT2D eigenvalue weighted by atomic mass is 79.9. The number of aromatic amines is 1. The maximum Gasteiger partial charge on any atom is 0.133 e. The molecule has 0 aliphatic carbocycles. The number of aromatic nitrogens is 3. The van der Waals surface area contributed by atoms with E-state index in [4.69, 9.17) is 0 Å². The van der Waals surface area contributed by atoms with E-state index in [-0.39, 0.29) is 0 Å². The Morgan fingerprint density at radius 2 is 2.42 bits per heavy atom. The molecule has 2 heterocycles. The average molecular weight is 226 g/mol. The predicted octanol–water partition coefficient (Wildman–Crippen LogP) is 2.18. The molecule has 0 amide bonds. The van der Waals surface area contributed by atoms with Crippen LogP contribution in [-0.4, -0.2) is 14.5 Å². The Balaban J connectivity index is 2.60. The maximum absolute atomic E-state index is 4.13. The van der Waals surface area contributed by atoms with Crippen molar-refractivity contribution in [1.82, 2.24) is 14.5 Å². The van der Waals surface area contributed by atoms with Gasteiger partial charge in [-0.1, -0.05) is 0 Å². The Morgan fingerprint density at radius 1 is 1.58 bits per heavy atom. The molecule has 0 saturated heterocycles. The lowest BCUT2D eigenvalue weighted by atomic mass is 10.3. The van der Waals surface area contributed by atoms with Crippen molar-refractivity contribution in [1.29, 1.82) is 0 Å². The van der Waals surface area contributed by atoms with Gasteiger partial charge in [-0.25, -0.2) is 4.98 Å². The van der Waals surface area contributed by atoms with E-state index in [9.17, 15) is 0 Å². The zero-order chi connectivity index (χ0) is 8.55. The standard InChI is InChI=1S/C8H8BrN3/c1-12-5-11-8(9)7(12)6-3-2-4-10-6/h2-5,10H,1H3. The minimum absolute atomic E-state index is 0.868. The second-order valence-corrected chi connectivity index (χ2v) is 3.33. The van der Waals surface area contributed by atoms with Crippen LogP contribution in [0.15, 0.2) is 29.3 Å². The molecule has 0 aromatic carbocycles. The van der Waals surface area contributed by atoms with Crippen LogP contribution in [0.3, 0.4) is 0 Å². The second kappa shape index (κ2) is 2.79. The first kappa shape index (κ1) is 7.61. The molecule has 0 radical (unpaired) electrons. The van der Waals surface area contributed by atoms with Gasteiger partial charge in [-0.2, -0.15) is 0 Å². The van der Waals surface area contributed by atoms with Crippen molar-refractivity contribution in [3.8, 4) is 11.4 Å². The first-order valence-corrected chi connectivity index (χ1v) is 4.39. The summed E-state index contributed by atoms with van der Waals surface area (Å²) in [4.78, 5) is 7.26. The second-order valence-electron chi connectivity index (χ2n) is 2.58. The summed E-state index contributed by atoms with van der Waals surface area (Å²) in [6.45, 7) is 0. The highest BCUT2D eigenvalue weighted by Crippen LogP contribution is 2.24. The summed E-state index contributed by atoms with van der Waals surface area (Å²) >= 11 is 3.39. The molecule has 2 aromatic rings. The number of hydrogen-bond acceptors (Lipinski definition) is 1. The van der Waals surface area contributed by atoms with Crippen molar-refractivity contribution < 1.29 is 0 Å². The monoisotopic (exact) mass is 225 g/mol. The normalized spacial score (nSPS) is 10.5. The molecule has 12 heavy (non-hydrogen) atoms. The number of aryl methyl sites for hydroxylation is 1. The summed E-state index contributed by atoms with van der Waals surface area (Å²) in [5.41, 5.74) is 2.14. The summed E-state index contributed by atoms with van der Waals surface area (Å²) < 4.78 is 2.84. The zero-order valence-corrected chi connectivity index (χ0v) is 8.17. The molecule has 0 aliphatic heterocycles.